The fraction of sp³-hybridized carbons (Fsp3) is 0.562. The summed E-state index contributed by atoms with van der Waals surface area (Å²) in [4.78, 5) is 34.4. The van der Waals surface area contributed by atoms with Crippen molar-refractivity contribution in [1.29, 1.82) is 0 Å². The number of hydrogen-bond donors (Lipinski definition) is 0. The van der Waals surface area contributed by atoms with Crippen LogP contribution in [0.1, 0.15) is 23.2 Å². The molecule has 6 nitrogen and oxygen atoms in total. The van der Waals surface area contributed by atoms with E-state index < -0.39 is 0 Å². The van der Waals surface area contributed by atoms with E-state index in [0.717, 1.165) is 39.0 Å². The minimum atomic E-state index is 0.0490. The van der Waals surface area contributed by atoms with Crippen LogP contribution in [0.2, 0.25) is 0 Å². The van der Waals surface area contributed by atoms with Gasteiger partial charge in [-0.1, -0.05) is 0 Å². The number of aromatic nitrogens is 1. The maximum absolute atomic E-state index is 12.3. The van der Waals surface area contributed by atoms with Crippen molar-refractivity contribution in [1.82, 2.24) is 19.7 Å². The van der Waals surface area contributed by atoms with Gasteiger partial charge in [0.05, 0.1) is 6.54 Å². The van der Waals surface area contributed by atoms with Crippen LogP contribution >= 0.6 is 0 Å². The molecule has 0 saturated carbocycles. The van der Waals surface area contributed by atoms with Gasteiger partial charge in [0.1, 0.15) is 0 Å². The summed E-state index contributed by atoms with van der Waals surface area (Å²) in [5.74, 6) is 0.277. The number of carbonyl (C=O) groups is 2. The van der Waals surface area contributed by atoms with E-state index in [4.69, 9.17) is 0 Å². The first kappa shape index (κ1) is 15.0. The summed E-state index contributed by atoms with van der Waals surface area (Å²) >= 11 is 0. The Balaban J connectivity index is 1.48. The third-order valence-corrected chi connectivity index (χ3v) is 4.40. The Kier molecular flexibility index (Phi) is 4.68. The first-order valence-electron chi connectivity index (χ1n) is 7.93. The molecule has 6 heteroatoms. The van der Waals surface area contributed by atoms with Crippen molar-refractivity contribution < 1.29 is 9.59 Å². The number of amides is 2. The van der Waals surface area contributed by atoms with Gasteiger partial charge in [-0.3, -0.25) is 19.5 Å². The molecule has 2 aliphatic heterocycles. The monoisotopic (exact) mass is 302 g/mol. The van der Waals surface area contributed by atoms with Gasteiger partial charge in [-0.25, -0.2) is 0 Å². The lowest BCUT2D eigenvalue weighted by molar-refractivity contribution is -0.131. The summed E-state index contributed by atoms with van der Waals surface area (Å²) in [6.07, 6.45) is 5.52. The Morgan fingerprint density at radius 3 is 2.18 bits per heavy atom. The van der Waals surface area contributed by atoms with Crippen LogP contribution in [0.15, 0.2) is 24.5 Å². The van der Waals surface area contributed by atoms with Crippen LogP contribution in [-0.4, -0.2) is 77.3 Å². The highest BCUT2D eigenvalue weighted by Gasteiger charge is 2.25. The van der Waals surface area contributed by atoms with Crippen molar-refractivity contribution in [2.45, 2.75) is 12.8 Å². The zero-order chi connectivity index (χ0) is 15.4. The predicted molar refractivity (Wildman–Crippen MR) is 82.4 cm³/mol. The van der Waals surface area contributed by atoms with Crippen molar-refractivity contribution >= 4 is 11.8 Å². The first-order chi connectivity index (χ1) is 10.7. The van der Waals surface area contributed by atoms with Crippen molar-refractivity contribution in [3.8, 4) is 0 Å². The Morgan fingerprint density at radius 2 is 1.55 bits per heavy atom. The van der Waals surface area contributed by atoms with E-state index in [1.54, 1.807) is 24.5 Å². The van der Waals surface area contributed by atoms with E-state index in [9.17, 15) is 9.59 Å². The van der Waals surface area contributed by atoms with Crippen molar-refractivity contribution in [2.24, 2.45) is 0 Å². The van der Waals surface area contributed by atoms with E-state index >= 15 is 0 Å². The molecule has 1 aromatic rings. The number of pyridine rings is 1. The standard InChI is InChI=1S/C16H22N4O2/c21-15(19-7-1-2-8-19)13-18-9-11-20(12-10-18)16(22)14-3-5-17-6-4-14/h3-6H,1-2,7-13H2. The van der Waals surface area contributed by atoms with Crippen molar-refractivity contribution in [3.05, 3.63) is 30.1 Å². The molecule has 118 valence electrons. The van der Waals surface area contributed by atoms with E-state index in [0.29, 0.717) is 25.2 Å². The molecule has 0 N–H and O–H groups in total. The number of carbonyl (C=O) groups excluding carboxylic acids is 2. The largest absolute Gasteiger partial charge is 0.342 e. The summed E-state index contributed by atoms with van der Waals surface area (Å²) < 4.78 is 0. The van der Waals surface area contributed by atoms with E-state index in [-0.39, 0.29) is 11.8 Å². The highest BCUT2D eigenvalue weighted by atomic mass is 16.2. The second-order valence-electron chi connectivity index (χ2n) is 5.89. The smallest absolute Gasteiger partial charge is 0.254 e. The topological polar surface area (TPSA) is 56.8 Å². The number of piperazine rings is 1. The van der Waals surface area contributed by atoms with E-state index in [1.807, 2.05) is 9.80 Å². The third kappa shape index (κ3) is 3.44. The van der Waals surface area contributed by atoms with Gasteiger partial charge in [-0.15, -0.1) is 0 Å². The molecule has 0 radical (unpaired) electrons. The molecule has 2 aliphatic rings. The second-order valence-corrected chi connectivity index (χ2v) is 5.89. The number of nitrogens with zero attached hydrogens (tertiary/aromatic N) is 4. The fourth-order valence-corrected chi connectivity index (χ4v) is 3.04. The summed E-state index contributed by atoms with van der Waals surface area (Å²) in [5, 5.41) is 0. The molecule has 22 heavy (non-hydrogen) atoms. The van der Waals surface area contributed by atoms with Gasteiger partial charge in [0.15, 0.2) is 0 Å². The van der Waals surface area contributed by atoms with Gasteiger partial charge in [-0.05, 0) is 25.0 Å². The zero-order valence-electron chi connectivity index (χ0n) is 12.8. The molecule has 0 spiro atoms. The minimum absolute atomic E-state index is 0.0490. The molecule has 2 amide bonds. The van der Waals surface area contributed by atoms with Gasteiger partial charge >= 0.3 is 0 Å². The van der Waals surface area contributed by atoms with Crippen molar-refractivity contribution in [3.63, 3.8) is 0 Å². The fourth-order valence-electron chi connectivity index (χ4n) is 3.04. The van der Waals surface area contributed by atoms with E-state index in [2.05, 4.69) is 9.88 Å². The SMILES string of the molecule is O=C(CN1CCN(C(=O)c2ccncc2)CC1)N1CCCC1. The second kappa shape index (κ2) is 6.87. The Bertz CT molecular complexity index is 520. The number of hydrogen-bond acceptors (Lipinski definition) is 4. The number of rotatable bonds is 3. The zero-order valence-corrected chi connectivity index (χ0v) is 12.8. The van der Waals surface area contributed by atoms with E-state index in [1.165, 1.54) is 0 Å². The molecular formula is C16H22N4O2. The molecule has 3 heterocycles. The molecule has 0 unspecified atom stereocenters. The van der Waals surface area contributed by atoms with Crippen LogP contribution in [-0.2, 0) is 4.79 Å². The highest BCUT2D eigenvalue weighted by Crippen LogP contribution is 2.11. The number of likely N-dealkylation sites (tertiary alicyclic amines) is 1. The maximum Gasteiger partial charge on any atom is 0.254 e. The van der Waals surface area contributed by atoms with Crippen LogP contribution in [0.4, 0.5) is 0 Å². The predicted octanol–water partition coefficient (Wildman–Crippen LogP) is 0.462. The van der Waals surface area contributed by atoms with Gasteiger partial charge in [0.2, 0.25) is 5.91 Å². The van der Waals surface area contributed by atoms with Crippen molar-refractivity contribution in [2.75, 3.05) is 45.8 Å². The summed E-state index contributed by atoms with van der Waals surface area (Å²) in [6.45, 7) is 5.16. The lowest BCUT2D eigenvalue weighted by atomic mass is 10.2. The molecule has 0 aliphatic carbocycles. The molecule has 2 fully saturated rings. The molecular weight excluding hydrogens is 280 g/mol. The molecule has 2 saturated heterocycles. The van der Waals surface area contributed by atoms with Crippen LogP contribution in [0, 0.1) is 0 Å². The Morgan fingerprint density at radius 1 is 0.909 bits per heavy atom. The maximum atomic E-state index is 12.3. The summed E-state index contributed by atoms with van der Waals surface area (Å²) in [6, 6.07) is 3.48. The van der Waals surface area contributed by atoms with Crippen LogP contribution in [0.5, 0.6) is 0 Å². The minimum Gasteiger partial charge on any atom is -0.342 e. The molecule has 0 aromatic carbocycles. The Hall–Kier alpha value is -1.95. The van der Waals surface area contributed by atoms with Gasteiger partial charge in [-0.2, -0.15) is 0 Å². The highest BCUT2D eigenvalue weighted by molar-refractivity contribution is 5.94. The normalized spacial score (nSPS) is 19.5. The average Bonchev–Trinajstić information content (AvgIpc) is 3.10. The first-order valence-corrected chi connectivity index (χ1v) is 7.93. The molecule has 0 atom stereocenters. The van der Waals surface area contributed by atoms with Crippen LogP contribution in [0.25, 0.3) is 0 Å². The van der Waals surface area contributed by atoms with Gasteiger partial charge in [0.25, 0.3) is 5.91 Å². The molecule has 0 bridgehead atoms. The lowest BCUT2D eigenvalue weighted by Crippen LogP contribution is -2.51. The summed E-state index contributed by atoms with van der Waals surface area (Å²) in [7, 11) is 0. The van der Waals surface area contributed by atoms with Gasteiger partial charge < -0.3 is 9.80 Å². The molecule has 3 rings (SSSR count). The summed E-state index contributed by atoms with van der Waals surface area (Å²) in [5.41, 5.74) is 0.677. The van der Waals surface area contributed by atoms with Crippen LogP contribution < -0.4 is 0 Å². The Labute approximate surface area is 130 Å². The third-order valence-electron chi connectivity index (χ3n) is 4.40. The van der Waals surface area contributed by atoms with Crippen LogP contribution in [0.3, 0.4) is 0 Å². The average molecular weight is 302 g/mol. The quantitative estimate of drug-likeness (QED) is 0.814. The lowest BCUT2D eigenvalue weighted by Gasteiger charge is -2.35. The molecule has 1 aromatic heterocycles. The van der Waals surface area contributed by atoms with Gasteiger partial charge in [0, 0.05) is 57.2 Å².